The van der Waals surface area contributed by atoms with Gasteiger partial charge in [0.25, 0.3) is 0 Å². The molecular formula is C12H18N2O2S. The maximum absolute atomic E-state index is 11.2. The van der Waals surface area contributed by atoms with Crippen molar-refractivity contribution in [3.8, 4) is 0 Å². The molecule has 0 aromatic carbocycles. The van der Waals surface area contributed by atoms with E-state index in [1.165, 1.54) is 7.11 Å². The third-order valence-electron chi connectivity index (χ3n) is 2.13. The van der Waals surface area contributed by atoms with E-state index in [1.807, 2.05) is 23.9 Å². The van der Waals surface area contributed by atoms with Gasteiger partial charge in [0.15, 0.2) is 0 Å². The highest BCUT2D eigenvalue weighted by atomic mass is 32.2. The van der Waals surface area contributed by atoms with Gasteiger partial charge in [-0.2, -0.15) is 11.8 Å². The topological polar surface area (TPSA) is 54.1 Å². The number of hydrogen-bond acceptors (Lipinski definition) is 4. The first kappa shape index (κ1) is 13.9. The number of aromatic amines is 1. The van der Waals surface area contributed by atoms with Crippen LogP contribution in [-0.4, -0.2) is 36.1 Å². The van der Waals surface area contributed by atoms with E-state index in [0.29, 0.717) is 5.69 Å². The largest absolute Gasteiger partial charge is 0.464 e. The van der Waals surface area contributed by atoms with Crippen LogP contribution >= 0.6 is 11.8 Å². The van der Waals surface area contributed by atoms with E-state index in [-0.39, 0.29) is 5.97 Å². The second-order valence-electron chi connectivity index (χ2n) is 3.43. The van der Waals surface area contributed by atoms with Crippen molar-refractivity contribution in [2.75, 3.05) is 25.2 Å². The fourth-order valence-corrected chi connectivity index (χ4v) is 1.93. The molecule has 0 atom stereocenters. The second kappa shape index (κ2) is 7.97. The minimum absolute atomic E-state index is 0.335. The molecule has 0 radical (unpaired) electrons. The number of carbonyl (C=O) groups is 1. The van der Waals surface area contributed by atoms with Crippen molar-refractivity contribution >= 4 is 17.7 Å². The van der Waals surface area contributed by atoms with Gasteiger partial charge in [-0.25, -0.2) is 4.79 Å². The van der Waals surface area contributed by atoms with E-state index in [1.54, 1.807) is 6.07 Å². The van der Waals surface area contributed by atoms with Gasteiger partial charge >= 0.3 is 5.97 Å². The van der Waals surface area contributed by atoms with Crippen LogP contribution in [0.3, 0.4) is 0 Å². The summed E-state index contributed by atoms with van der Waals surface area (Å²) in [7, 11) is 1.37. The molecule has 0 saturated carbocycles. The summed E-state index contributed by atoms with van der Waals surface area (Å²) in [6, 6.07) is 3.62. The Bertz CT molecular complexity index is 363. The lowest BCUT2D eigenvalue weighted by molar-refractivity contribution is 0.0594. The van der Waals surface area contributed by atoms with Gasteiger partial charge in [-0.3, -0.25) is 0 Å². The maximum Gasteiger partial charge on any atom is 0.354 e. The predicted octanol–water partition coefficient (Wildman–Crippen LogP) is 1.81. The summed E-state index contributed by atoms with van der Waals surface area (Å²) in [5.41, 5.74) is 1.48. The summed E-state index contributed by atoms with van der Waals surface area (Å²) >= 11 is 1.84. The molecule has 5 heteroatoms. The predicted molar refractivity (Wildman–Crippen MR) is 71.4 cm³/mol. The molecule has 0 amide bonds. The van der Waals surface area contributed by atoms with Crippen LogP contribution in [-0.2, 0) is 11.3 Å². The van der Waals surface area contributed by atoms with Crippen LogP contribution in [0.25, 0.3) is 0 Å². The third-order valence-corrected chi connectivity index (χ3v) is 3.09. The number of esters is 1. The van der Waals surface area contributed by atoms with E-state index >= 15 is 0 Å². The Balaban J connectivity index is 2.21. The SMILES string of the molecule is C=CCSCCNCc1ccc(C(=O)OC)[nH]1. The highest BCUT2D eigenvalue weighted by Crippen LogP contribution is 2.03. The van der Waals surface area contributed by atoms with E-state index < -0.39 is 0 Å². The summed E-state index contributed by atoms with van der Waals surface area (Å²) in [6.45, 7) is 5.33. The van der Waals surface area contributed by atoms with Crippen molar-refractivity contribution in [3.63, 3.8) is 0 Å². The van der Waals surface area contributed by atoms with E-state index in [0.717, 1.165) is 30.3 Å². The molecule has 0 aliphatic heterocycles. The Morgan fingerprint density at radius 1 is 1.65 bits per heavy atom. The van der Waals surface area contributed by atoms with E-state index in [9.17, 15) is 4.79 Å². The molecule has 0 saturated heterocycles. The van der Waals surface area contributed by atoms with Crippen LogP contribution < -0.4 is 5.32 Å². The van der Waals surface area contributed by atoms with Gasteiger partial charge in [-0.05, 0) is 12.1 Å². The number of carbonyl (C=O) groups excluding carboxylic acids is 1. The van der Waals surface area contributed by atoms with Crippen molar-refractivity contribution < 1.29 is 9.53 Å². The smallest absolute Gasteiger partial charge is 0.354 e. The Hall–Kier alpha value is -1.20. The number of ether oxygens (including phenoxy) is 1. The second-order valence-corrected chi connectivity index (χ2v) is 4.58. The molecule has 0 bridgehead atoms. The number of methoxy groups -OCH3 is 1. The zero-order chi connectivity index (χ0) is 12.5. The lowest BCUT2D eigenvalue weighted by Gasteiger charge is -2.02. The van der Waals surface area contributed by atoms with Gasteiger partial charge in [-0.15, -0.1) is 6.58 Å². The molecule has 17 heavy (non-hydrogen) atoms. The van der Waals surface area contributed by atoms with Crippen LogP contribution in [0.2, 0.25) is 0 Å². The zero-order valence-electron chi connectivity index (χ0n) is 9.99. The Morgan fingerprint density at radius 3 is 3.18 bits per heavy atom. The van der Waals surface area contributed by atoms with Gasteiger partial charge in [-0.1, -0.05) is 6.08 Å². The molecule has 0 unspecified atom stereocenters. The fourth-order valence-electron chi connectivity index (χ4n) is 1.31. The highest BCUT2D eigenvalue weighted by molar-refractivity contribution is 7.99. The summed E-state index contributed by atoms with van der Waals surface area (Å²) in [4.78, 5) is 14.2. The molecule has 0 fully saturated rings. The normalized spacial score (nSPS) is 10.2. The van der Waals surface area contributed by atoms with Gasteiger partial charge in [0.1, 0.15) is 5.69 Å². The van der Waals surface area contributed by atoms with E-state index in [2.05, 4.69) is 21.6 Å². The minimum atomic E-state index is -0.335. The summed E-state index contributed by atoms with van der Waals surface area (Å²) in [5, 5.41) is 3.29. The van der Waals surface area contributed by atoms with Gasteiger partial charge in [0.2, 0.25) is 0 Å². The molecule has 1 rings (SSSR count). The maximum atomic E-state index is 11.2. The van der Waals surface area contributed by atoms with Crippen LogP contribution in [0, 0.1) is 0 Å². The quantitative estimate of drug-likeness (QED) is 0.422. The van der Waals surface area contributed by atoms with Crippen LogP contribution in [0.15, 0.2) is 24.8 Å². The molecule has 0 aliphatic rings. The Kier molecular flexibility index (Phi) is 6.50. The number of thioether (sulfide) groups is 1. The molecule has 1 aromatic rings. The molecular weight excluding hydrogens is 236 g/mol. The number of nitrogens with one attached hydrogen (secondary N) is 2. The summed E-state index contributed by atoms with van der Waals surface area (Å²) < 4.78 is 4.62. The third kappa shape index (κ3) is 5.10. The Morgan fingerprint density at radius 2 is 2.47 bits per heavy atom. The van der Waals surface area contributed by atoms with Crippen LogP contribution in [0.4, 0.5) is 0 Å². The monoisotopic (exact) mass is 254 g/mol. The number of H-pyrrole nitrogens is 1. The van der Waals surface area contributed by atoms with Gasteiger partial charge in [0, 0.05) is 30.3 Å². The average molecular weight is 254 g/mol. The van der Waals surface area contributed by atoms with E-state index in [4.69, 9.17) is 0 Å². The standard InChI is InChI=1S/C12H18N2O2S/c1-3-7-17-8-6-13-9-10-4-5-11(14-10)12(15)16-2/h3-5,13-14H,1,6-9H2,2H3. The minimum Gasteiger partial charge on any atom is -0.464 e. The van der Waals surface area contributed by atoms with Gasteiger partial charge < -0.3 is 15.0 Å². The average Bonchev–Trinajstić information content (AvgIpc) is 2.81. The molecule has 1 aromatic heterocycles. The molecule has 2 N–H and O–H groups in total. The van der Waals surface area contributed by atoms with Crippen molar-refractivity contribution in [1.82, 2.24) is 10.3 Å². The number of hydrogen-bond donors (Lipinski definition) is 2. The fraction of sp³-hybridized carbons (Fsp3) is 0.417. The molecule has 0 spiro atoms. The highest BCUT2D eigenvalue weighted by Gasteiger charge is 2.07. The number of rotatable bonds is 8. The lowest BCUT2D eigenvalue weighted by atomic mass is 10.4. The first-order valence-electron chi connectivity index (χ1n) is 5.43. The molecule has 0 aliphatic carbocycles. The first-order valence-corrected chi connectivity index (χ1v) is 6.59. The summed E-state index contributed by atoms with van der Waals surface area (Å²) in [6.07, 6.45) is 1.90. The zero-order valence-corrected chi connectivity index (χ0v) is 10.8. The first-order chi connectivity index (χ1) is 8.27. The van der Waals surface area contributed by atoms with Crippen molar-refractivity contribution in [2.24, 2.45) is 0 Å². The number of aromatic nitrogens is 1. The molecule has 4 nitrogen and oxygen atoms in total. The van der Waals surface area contributed by atoms with Gasteiger partial charge in [0.05, 0.1) is 7.11 Å². The van der Waals surface area contributed by atoms with Crippen molar-refractivity contribution in [3.05, 3.63) is 36.2 Å². The van der Waals surface area contributed by atoms with Crippen molar-refractivity contribution in [1.29, 1.82) is 0 Å². The van der Waals surface area contributed by atoms with Crippen LogP contribution in [0.5, 0.6) is 0 Å². The lowest BCUT2D eigenvalue weighted by Crippen LogP contribution is -2.17. The van der Waals surface area contributed by atoms with Crippen molar-refractivity contribution in [2.45, 2.75) is 6.54 Å². The molecule has 1 heterocycles. The summed E-state index contributed by atoms with van der Waals surface area (Å²) in [5.74, 6) is 1.70. The van der Waals surface area contributed by atoms with Crippen LogP contribution in [0.1, 0.15) is 16.2 Å². The molecule has 94 valence electrons. The Labute approximate surface area is 106 Å².